The van der Waals surface area contributed by atoms with Gasteiger partial charge >= 0.3 is 0 Å². The summed E-state index contributed by atoms with van der Waals surface area (Å²) in [5.74, 6) is -1.15. The zero-order valence-corrected chi connectivity index (χ0v) is 12.0. The normalized spacial score (nSPS) is 24.7. The van der Waals surface area contributed by atoms with Crippen molar-refractivity contribution in [3.63, 3.8) is 0 Å². The summed E-state index contributed by atoms with van der Waals surface area (Å²) < 4.78 is 0. The number of hydrogen-bond acceptors (Lipinski definition) is 3. The fourth-order valence-electron chi connectivity index (χ4n) is 3.35. The van der Waals surface area contributed by atoms with E-state index in [1.807, 2.05) is 23.1 Å². The van der Waals surface area contributed by atoms with Gasteiger partial charge in [-0.3, -0.25) is 4.79 Å². The number of carbonyl (C=O) groups is 2. The van der Waals surface area contributed by atoms with Gasteiger partial charge in [-0.15, -0.1) is 0 Å². The van der Waals surface area contributed by atoms with Gasteiger partial charge in [0, 0.05) is 37.0 Å². The predicted molar refractivity (Wildman–Crippen MR) is 75.8 cm³/mol. The number of para-hydroxylation sites is 1. The number of hydrogen-bond donors (Lipinski definition) is 1. The number of quaternary nitrogens is 1. The number of rotatable bonds is 3. The van der Waals surface area contributed by atoms with Crippen molar-refractivity contribution in [3.8, 4) is 0 Å². The third kappa shape index (κ3) is 2.93. The van der Waals surface area contributed by atoms with Crippen LogP contribution in [-0.2, 0) is 16.0 Å². The number of nitrogens with one attached hydrogen (secondary N) is 1. The second kappa shape index (κ2) is 5.85. The zero-order chi connectivity index (χ0) is 14.8. The number of aliphatic carboxylic acids is 1. The van der Waals surface area contributed by atoms with E-state index < -0.39 is 5.97 Å². The van der Waals surface area contributed by atoms with Gasteiger partial charge in [0.05, 0.1) is 13.1 Å². The van der Waals surface area contributed by atoms with Crippen LogP contribution in [0.5, 0.6) is 0 Å². The van der Waals surface area contributed by atoms with Gasteiger partial charge in [0.15, 0.2) is 6.54 Å². The van der Waals surface area contributed by atoms with E-state index in [2.05, 4.69) is 6.07 Å². The Bertz CT molecular complexity index is 550. The van der Waals surface area contributed by atoms with Crippen molar-refractivity contribution in [2.75, 3.05) is 31.1 Å². The highest BCUT2D eigenvalue weighted by Crippen LogP contribution is 2.27. The van der Waals surface area contributed by atoms with Crippen LogP contribution in [0.15, 0.2) is 24.3 Å². The highest BCUT2D eigenvalue weighted by Gasteiger charge is 2.29. The number of amides is 1. The summed E-state index contributed by atoms with van der Waals surface area (Å²) in [5.41, 5.74) is 2.27. The van der Waals surface area contributed by atoms with Crippen LogP contribution in [0.4, 0.5) is 5.69 Å². The van der Waals surface area contributed by atoms with E-state index in [-0.39, 0.29) is 11.8 Å². The average Bonchev–Trinajstić information content (AvgIpc) is 2.92. The second-order valence-corrected chi connectivity index (χ2v) is 5.94. The van der Waals surface area contributed by atoms with Crippen LogP contribution in [0, 0.1) is 5.92 Å². The van der Waals surface area contributed by atoms with Gasteiger partial charge in [-0.25, -0.2) is 0 Å². The molecule has 21 heavy (non-hydrogen) atoms. The molecule has 5 heteroatoms. The van der Waals surface area contributed by atoms with Gasteiger partial charge in [-0.2, -0.15) is 0 Å². The first-order valence-corrected chi connectivity index (χ1v) is 7.58. The molecule has 5 nitrogen and oxygen atoms in total. The molecule has 0 bridgehead atoms. The van der Waals surface area contributed by atoms with E-state index >= 15 is 0 Å². The summed E-state index contributed by atoms with van der Waals surface area (Å²) in [7, 11) is 0. The van der Waals surface area contributed by atoms with Crippen molar-refractivity contribution in [1.29, 1.82) is 0 Å². The van der Waals surface area contributed by atoms with E-state index in [0.29, 0.717) is 19.4 Å². The molecule has 2 aliphatic heterocycles. The number of anilines is 1. The monoisotopic (exact) mass is 288 g/mol. The third-order valence-electron chi connectivity index (χ3n) is 4.62. The van der Waals surface area contributed by atoms with Crippen LogP contribution in [0.2, 0.25) is 0 Å². The number of carboxylic acids is 1. The van der Waals surface area contributed by atoms with Gasteiger partial charge in [0.2, 0.25) is 0 Å². The third-order valence-corrected chi connectivity index (χ3v) is 4.62. The molecule has 1 N–H and O–H groups in total. The lowest BCUT2D eigenvalue weighted by Crippen LogP contribution is -3.14. The first-order valence-electron chi connectivity index (χ1n) is 7.58. The van der Waals surface area contributed by atoms with Crippen molar-refractivity contribution in [2.45, 2.75) is 19.3 Å². The summed E-state index contributed by atoms with van der Waals surface area (Å²) in [5, 5.41) is 10.8. The number of fused-ring (bicyclic) bond motifs is 1. The van der Waals surface area contributed by atoms with Crippen molar-refractivity contribution >= 4 is 17.6 Å². The molecule has 1 aromatic rings. The van der Waals surface area contributed by atoms with Crippen molar-refractivity contribution in [3.05, 3.63) is 29.8 Å². The first kappa shape index (κ1) is 14.1. The number of benzene rings is 1. The van der Waals surface area contributed by atoms with Crippen molar-refractivity contribution in [1.82, 2.24) is 0 Å². The van der Waals surface area contributed by atoms with Crippen LogP contribution < -0.4 is 14.9 Å². The molecule has 1 amide bonds. The van der Waals surface area contributed by atoms with Crippen LogP contribution in [-0.4, -0.2) is 38.1 Å². The molecule has 1 saturated heterocycles. The molecule has 2 heterocycles. The van der Waals surface area contributed by atoms with Crippen LogP contribution in [0.3, 0.4) is 0 Å². The van der Waals surface area contributed by atoms with Crippen LogP contribution in [0.1, 0.15) is 18.4 Å². The molecule has 1 fully saturated rings. The van der Waals surface area contributed by atoms with Gasteiger partial charge < -0.3 is 19.7 Å². The maximum Gasteiger partial charge on any atom is 0.282 e. The van der Waals surface area contributed by atoms with Crippen LogP contribution >= 0.6 is 0 Å². The minimum atomic E-state index is -0.950. The Kier molecular flexibility index (Phi) is 3.92. The van der Waals surface area contributed by atoms with E-state index in [1.54, 1.807) is 0 Å². The molecular formula is C16H20N2O3. The van der Waals surface area contributed by atoms with Crippen LogP contribution in [0.25, 0.3) is 0 Å². The standard InChI is InChI=1S/C16H20N2O3/c19-15(11-17-8-5-13(6-9-17)16(20)21)18-10-7-12-3-1-2-4-14(12)18/h1-4,13H,5-11H2,(H,20,21). The minimum absolute atomic E-state index is 0.141. The summed E-state index contributed by atoms with van der Waals surface area (Å²) >= 11 is 0. The molecule has 3 rings (SSSR count). The number of piperidine rings is 1. The SMILES string of the molecule is O=C([O-])C1CC[NH+](CC(=O)N2CCc3ccccc32)CC1. The van der Waals surface area contributed by atoms with E-state index in [1.165, 1.54) is 10.5 Å². The lowest BCUT2D eigenvalue weighted by Gasteiger charge is -2.30. The number of carbonyl (C=O) groups excluding carboxylic acids is 2. The number of nitrogens with zero attached hydrogens (tertiary/aromatic N) is 1. The van der Waals surface area contributed by atoms with E-state index in [4.69, 9.17) is 0 Å². The highest BCUT2D eigenvalue weighted by atomic mass is 16.4. The van der Waals surface area contributed by atoms with Gasteiger partial charge in [0.1, 0.15) is 0 Å². The Labute approximate surface area is 124 Å². The fourth-order valence-corrected chi connectivity index (χ4v) is 3.35. The fraction of sp³-hybridized carbons (Fsp3) is 0.500. The molecule has 2 aliphatic rings. The molecule has 0 aliphatic carbocycles. The number of carboxylic acid groups (broad SMARTS) is 1. The summed E-state index contributed by atoms with van der Waals surface area (Å²) in [4.78, 5) is 26.4. The largest absolute Gasteiger partial charge is 0.550 e. The molecule has 112 valence electrons. The maximum absolute atomic E-state index is 12.5. The first-order chi connectivity index (χ1) is 10.1. The summed E-state index contributed by atoms with van der Waals surface area (Å²) in [6.07, 6.45) is 2.15. The molecule has 0 spiro atoms. The summed E-state index contributed by atoms with van der Waals surface area (Å²) in [6.45, 7) is 2.68. The highest BCUT2D eigenvalue weighted by molar-refractivity contribution is 5.96. The summed E-state index contributed by atoms with van der Waals surface area (Å²) in [6, 6.07) is 8.03. The lowest BCUT2D eigenvalue weighted by atomic mass is 9.97. The Morgan fingerprint density at radius 2 is 1.95 bits per heavy atom. The Morgan fingerprint density at radius 3 is 2.67 bits per heavy atom. The van der Waals surface area contributed by atoms with Gasteiger partial charge in [0.25, 0.3) is 5.91 Å². The molecule has 1 aromatic carbocycles. The Morgan fingerprint density at radius 1 is 1.24 bits per heavy atom. The Balaban J connectivity index is 1.57. The Hall–Kier alpha value is -1.88. The van der Waals surface area contributed by atoms with Gasteiger partial charge in [-0.05, 0) is 18.1 Å². The lowest BCUT2D eigenvalue weighted by molar-refractivity contribution is -0.897. The predicted octanol–water partition coefficient (Wildman–Crippen LogP) is -1.38. The minimum Gasteiger partial charge on any atom is -0.550 e. The zero-order valence-electron chi connectivity index (χ0n) is 12.0. The average molecular weight is 288 g/mol. The van der Waals surface area contributed by atoms with Crippen molar-refractivity contribution < 1.29 is 19.6 Å². The topological polar surface area (TPSA) is 64.9 Å². The van der Waals surface area contributed by atoms with Crippen molar-refractivity contribution in [2.24, 2.45) is 5.92 Å². The van der Waals surface area contributed by atoms with E-state index in [0.717, 1.165) is 31.7 Å². The maximum atomic E-state index is 12.5. The molecule has 0 atom stereocenters. The molecule has 0 aromatic heterocycles. The smallest absolute Gasteiger partial charge is 0.282 e. The number of likely N-dealkylation sites (tertiary alicyclic amines) is 1. The molecule has 0 radical (unpaired) electrons. The van der Waals surface area contributed by atoms with E-state index in [9.17, 15) is 14.7 Å². The second-order valence-electron chi connectivity index (χ2n) is 5.94. The molecule has 0 unspecified atom stereocenters. The quantitative estimate of drug-likeness (QED) is 0.746. The molecular weight excluding hydrogens is 268 g/mol. The van der Waals surface area contributed by atoms with Gasteiger partial charge in [-0.1, -0.05) is 18.2 Å². The molecule has 0 saturated carbocycles.